The Bertz CT molecular complexity index is 351. The maximum Gasteiger partial charge on any atom is 0.130 e. The zero-order valence-corrected chi connectivity index (χ0v) is 9.77. The molecule has 0 amide bonds. The third-order valence-electron chi connectivity index (χ3n) is 3.23. The van der Waals surface area contributed by atoms with Crippen LogP contribution in [0.2, 0.25) is 0 Å². The smallest absolute Gasteiger partial charge is 0.130 e. The molecular weight excluding hydrogens is 232 g/mol. The predicted octanol–water partition coefficient (Wildman–Crippen LogP) is 3.58. The minimum Gasteiger partial charge on any atom is -0.324 e. The summed E-state index contributed by atoms with van der Waals surface area (Å²) in [7, 11) is 0. The molecule has 0 radical (unpaired) electrons. The van der Waals surface area contributed by atoms with Crippen molar-refractivity contribution in [3.63, 3.8) is 0 Å². The van der Waals surface area contributed by atoms with E-state index in [1.807, 2.05) is 0 Å². The van der Waals surface area contributed by atoms with E-state index < -0.39 is 11.6 Å². The summed E-state index contributed by atoms with van der Waals surface area (Å²) >= 11 is 0. The fourth-order valence-corrected chi connectivity index (χ4v) is 2.34. The molecule has 0 spiro atoms. The molecule has 1 nitrogen and oxygen atoms in total. The van der Waals surface area contributed by atoms with E-state index in [4.69, 9.17) is 5.73 Å². The van der Waals surface area contributed by atoms with Gasteiger partial charge in [0, 0.05) is 17.7 Å². The Morgan fingerprint density at radius 1 is 1.19 bits per heavy atom. The van der Waals surface area contributed by atoms with Crippen LogP contribution in [0.5, 0.6) is 0 Å². The maximum absolute atomic E-state index is 13.4. The van der Waals surface area contributed by atoms with Gasteiger partial charge in [-0.15, -0.1) is 12.4 Å². The van der Waals surface area contributed by atoms with Gasteiger partial charge in [0.05, 0.1) is 0 Å². The molecule has 1 aliphatic rings. The predicted molar refractivity (Wildman–Crippen MR) is 62.5 cm³/mol. The number of hydrogen-bond acceptors (Lipinski definition) is 1. The number of halogens is 3. The van der Waals surface area contributed by atoms with Crippen LogP contribution in [0.3, 0.4) is 0 Å². The van der Waals surface area contributed by atoms with Crippen molar-refractivity contribution < 1.29 is 8.78 Å². The van der Waals surface area contributed by atoms with Gasteiger partial charge in [0.25, 0.3) is 0 Å². The van der Waals surface area contributed by atoms with Crippen LogP contribution in [0.4, 0.5) is 8.78 Å². The maximum atomic E-state index is 13.4. The Morgan fingerprint density at radius 3 is 2.38 bits per heavy atom. The lowest BCUT2D eigenvalue weighted by Gasteiger charge is -2.19. The van der Waals surface area contributed by atoms with Crippen molar-refractivity contribution >= 4 is 12.4 Å². The lowest BCUT2D eigenvalue weighted by molar-refractivity contribution is 0.427. The minimum absolute atomic E-state index is 0. The van der Waals surface area contributed by atoms with Gasteiger partial charge in [-0.2, -0.15) is 0 Å². The van der Waals surface area contributed by atoms with Gasteiger partial charge in [0.2, 0.25) is 0 Å². The van der Waals surface area contributed by atoms with E-state index >= 15 is 0 Å². The molecule has 1 atom stereocenters. The lowest BCUT2D eigenvalue weighted by atomic mass is 9.92. The highest BCUT2D eigenvalue weighted by Gasteiger charge is 2.25. The molecule has 2 N–H and O–H groups in total. The van der Waals surface area contributed by atoms with Gasteiger partial charge in [-0.1, -0.05) is 18.9 Å². The Hall–Kier alpha value is -0.670. The summed E-state index contributed by atoms with van der Waals surface area (Å²) in [6.45, 7) is 0. The van der Waals surface area contributed by atoms with Crippen LogP contribution in [0.15, 0.2) is 18.2 Å². The Kier molecular flexibility index (Phi) is 4.69. The molecule has 16 heavy (non-hydrogen) atoms. The average molecular weight is 248 g/mol. The number of rotatable bonds is 2. The van der Waals surface area contributed by atoms with Crippen molar-refractivity contribution in [1.29, 1.82) is 0 Å². The normalized spacial score (nSPS) is 18.2. The van der Waals surface area contributed by atoms with Crippen molar-refractivity contribution in [3.05, 3.63) is 35.4 Å². The van der Waals surface area contributed by atoms with E-state index in [-0.39, 0.29) is 18.4 Å². The van der Waals surface area contributed by atoms with Crippen LogP contribution in [0.1, 0.15) is 37.3 Å². The molecule has 90 valence electrons. The van der Waals surface area contributed by atoms with Gasteiger partial charge in [0.15, 0.2) is 0 Å². The van der Waals surface area contributed by atoms with Gasteiger partial charge >= 0.3 is 0 Å². The highest BCUT2D eigenvalue weighted by Crippen LogP contribution is 2.34. The SMILES string of the molecule is Cl.N[C@H](c1ccc(F)cc1F)C1CCCC1. The van der Waals surface area contributed by atoms with Crippen molar-refractivity contribution in [1.82, 2.24) is 0 Å². The van der Waals surface area contributed by atoms with Crippen LogP contribution < -0.4 is 5.73 Å². The average Bonchev–Trinajstić information content (AvgIpc) is 2.69. The van der Waals surface area contributed by atoms with E-state index in [9.17, 15) is 8.78 Å². The molecule has 0 bridgehead atoms. The van der Waals surface area contributed by atoms with E-state index in [1.165, 1.54) is 25.0 Å². The Labute approximate surface area is 100 Å². The molecule has 1 saturated carbocycles. The molecule has 0 aromatic heterocycles. The second-order valence-electron chi connectivity index (χ2n) is 4.24. The van der Waals surface area contributed by atoms with Gasteiger partial charge in [-0.3, -0.25) is 0 Å². The topological polar surface area (TPSA) is 26.0 Å². The first-order valence-electron chi connectivity index (χ1n) is 5.39. The van der Waals surface area contributed by atoms with E-state index in [0.29, 0.717) is 11.5 Å². The first-order chi connectivity index (χ1) is 7.18. The van der Waals surface area contributed by atoms with Gasteiger partial charge in [-0.25, -0.2) is 8.78 Å². The summed E-state index contributed by atoms with van der Waals surface area (Å²) in [5.74, 6) is -0.714. The zero-order valence-electron chi connectivity index (χ0n) is 8.96. The standard InChI is InChI=1S/C12H15F2N.ClH/c13-9-5-6-10(11(14)7-9)12(15)8-3-1-2-4-8;/h5-8,12H,1-4,15H2;1H/t12-;/m0./s1. The molecule has 1 aromatic carbocycles. The van der Waals surface area contributed by atoms with Crippen molar-refractivity contribution in [2.45, 2.75) is 31.7 Å². The molecular formula is C12H16ClF2N. The highest BCUT2D eigenvalue weighted by atomic mass is 35.5. The summed E-state index contributed by atoms with van der Waals surface area (Å²) in [5, 5.41) is 0. The quantitative estimate of drug-likeness (QED) is 0.850. The first-order valence-corrected chi connectivity index (χ1v) is 5.39. The fourth-order valence-electron chi connectivity index (χ4n) is 2.34. The molecule has 1 aromatic rings. The number of hydrogen-bond donors (Lipinski definition) is 1. The molecule has 0 unspecified atom stereocenters. The molecule has 0 heterocycles. The van der Waals surface area contributed by atoms with Crippen LogP contribution in [-0.2, 0) is 0 Å². The second kappa shape index (κ2) is 5.60. The van der Waals surface area contributed by atoms with Gasteiger partial charge < -0.3 is 5.73 Å². The van der Waals surface area contributed by atoms with Crippen LogP contribution >= 0.6 is 12.4 Å². The van der Waals surface area contributed by atoms with E-state index in [2.05, 4.69) is 0 Å². The van der Waals surface area contributed by atoms with Crippen LogP contribution in [0, 0.1) is 17.6 Å². The Balaban J connectivity index is 0.00000128. The number of nitrogens with two attached hydrogens (primary N) is 1. The van der Waals surface area contributed by atoms with Crippen LogP contribution in [0.25, 0.3) is 0 Å². The second-order valence-corrected chi connectivity index (χ2v) is 4.24. The van der Waals surface area contributed by atoms with E-state index in [1.54, 1.807) is 0 Å². The lowest BCUT2D eigenvalue weighted by Crippen LogP contribution is -2.20. The summed E-state index contributed by atoms with van der Waals surface area (Å²) < 4.78 is 26.1. The fraction of sp³-hybridized carbons (Fsp3) is 0.500. The summed E-state index contributed by atoms with van der Waals surface area (Å²) in [6.07, 6.45) is 4.44. The van der Waals surface area contributed by atoms with Gasteiger partial charge in [0.1, 0.15) is 11.6 Å². The largest absolute Gasteiger partial charge is 0.324 e. The highest BCUT2D eigenvalue weighted by molar-refractivity contribution is 5.85. The van der Waals surface area contributed by atoms with Crippen molar-refractivity contribution in [2.75, 3.05) is 0 Å². The third kappa shape index (κ3) is 2.71. The molecule has 2 rings (SSSR count). The molecule has 4 heteroatoms. The first kappa shape index (κ1) is 13.4. The molecule has 1 fully saturated rings. The molecule has 1 aliphatic carbocycles. The summed E-state index contributed by atoms with van der Waals surface area (Å²) in [6, 6.07) is 3.36. The molecule has 0 aliphatic heterocycles. The third-order valence-corrected chi connectivity index (χ3v) is 3.23. The minimum atomic E-state index is -0.546. The van der Waals surface area contributed by atoms with Crippen molar-refractivity contribution in [2.24, 2.45) is 11.7 Å². The zero-order chi connectivity index (χ0) is 10.8. The molecule has 0 saturated heterocycles. The van der Waals surface area contributed by atoms with Crippen molar-refractivity contribution in [3.8, 4) is 0 Å². The summed E-state index contributed by atoms with van der Waals surface area (Å²) in [4.78, 5) is 0. The van der Waals surface area contributed by atoms with Gasteiger partial charge in [-0.05, 0) is 24.8 Å². The van der Waals surface area contributed by atoms with E-state index in [0.717, 1.165) is 18.9 Å². The summed E-state index contributed by atoms with van der Waals surface area (Å²) in [5.41, 5.74) is 6.44. The van der Waals surface area contributed by atoms with Crippen LogP contribution in [-0.4, -0.2) is 0 Å². The number of benzene rings is 1. The monoisotopic (exact) mass is 247 g/mol. The Morgan fingerprint density at radius 2 is 1.81 bits per heavy atom.